The second-order valence-electron chi connectivity index (χ2n) is 6.58. The fraction of sp³-hybridized carbons (Fsp3) is 0.550. The van der Waals surface area contributed by atoms with Gasteiger partial charge in [-0.25, -0.2) is 0 Å². The number of nitrogens with one attached hydrogen (secondary N) is 1. The van der Waals surface area contributed by atoms with Crippen LogP contribution in [0.15, 0.2) is 24.3 Å². The van der Waals surface area contributed by atoms with Gasteiger partial charge in [0.15, 0.2) is 5.78 Å². The van der Waals surface area contributed by atoms with Gasteiger partial charge in [0.05, 0.1) is 6.54 Å². The Morgan fingerprint density at radius 2 is 1.62 bits per heavy atom. The quantitative estimate of drug-likeness (QED) is 0.714. The first-order chi connectivity index (χ1) is 12.5. The Bertz CT molecular complexity index is 620. The summed E-state index contributed by atoms with van der Waals surface area (Å²) in [6.07, 6.45) is 1.42. The monoisotopic (exact) mass is 359 g/mol. The van der Waals surface area contributed by atoms with Gasteiger partial charge >= 0.3 is 0 Å². The Balaban J connectivity index is 1.73. The molecule has 0 bridgehead atoms. The molecule has 0 spiro atoms. The molecule has 0 saturated carbocycles. The third-order valence-electron chi connectivity index (χ3n) is 4.72. The number of carbonyl (C=O) groups is 3. The van der Waals surface area contributed by atoms with Gasteiger partial charge < -0.3 is 10.2 Å². The van der Waals surface area contributed by atoms with Crippen molar-refractivity contribution < 1.29 is 14.4 Å². The van der Waals surface area contributed by atoms with Crippen LogP contribution in [-0.4, -0.2) is 66.7 Å². The van der Waals surface area contributed by atoms with Crippen molar-refractivity contribution in [1.29, 1.82) is 0 Å². The third-order valence-corrected chi connectivity index (χ3v) is 4.72. The van der Waals surface area contributed by atoms with E-state index in [0.717, 1.165) is 6.42 Å². The SMILES string of the molecule is CCNC(=O)CN1CCN(C(=O)CCC(=O)c2ccc(CC)cc2)CC1. The van der Waals surface area contributed by atoms with Gasteiger partial charge in [0.25, 0.3) is 0 Å². The number of hydrogen-bond acceptors (Lipinski definition) is 4. The second-order valence-corrected chi connectivity index (χ2v) is 6.58. The minimum atomic E-state index is 0.0101. The van der Waals surface area contributed by atoms with Crippen LogP contribution in [-0.2, 0) is 16.0 Å². The zero-order valence-corrected chi connectivity index (χ0v) is 15.8. The van der Waals surface area contributed by atoms with Gasteiger partial charge in [-0.05, 0) is 18.9 Å². The average Bonchev–Trinajstić information content (AvgIpc) is 2.66. The number of benzene rings is 1. The van der Waals surface area contributed by atoms with E-state index in [1.54, 1.807) is 4.90 Å². The highest BCUT2D eigenvalue weighted by Crippen LogP contribution is 2.11. The molecule has 1 aromatic carbocycles. The van der Waals surface area contributed by atoms with Crippen molar-refractivity contribution in [3.63, 3.8) is 0 Å². The van der Waals surface area contributed by atoms with Crippen molar-refractivity contribution in [2.45, 2.75) is 33.1 Å². The molecule has 6 nitrogen and oxygen atoms in total. The van der Waals surface area contributed by atoms with Crippen LogP contribution < -0.4 is 5.32 Å². The predicted octanol–water partition coefficient (Wildman–Crippen LogP) is 1.49. The van der Waals surface area contributed by atoms with Crippen molar-refractivity contribution in [2.75, 3.05) is 39.3 Å². The highest BCUT2D eigenvalue weighted by Gasteiger charge is 2.22. The first kappa shape index (κ1) is 20.1. The smallest absolute Gasteiger partial charge is 0.234 e. The van der Waals surface area contributed by atoms with Crippen molar-refractivity contribution in [2.24, 2.45) is 0 Å². The van der Waals surface area contributed by atoms with Gasteiger partial charge in [-0.15, -0.1) is 0 Å². The maximum atomic E-state index is 12.3. The molecule has 0 radical (unpaired) electrons. The summed E-state index contributed by atoms with van der Waals surface area (Å²) in [5.41, 5.74) is 1.87. The number of Topliss-reactive ketones (excluding diaryl/α,β-unsaturated/α-hetero) is 1. The Hall–Kier alpha value is -2.21. The highest BCUT2D eigenvalue weighted by atomic mass is 16.2. The molecule has 142 valence electrons. The summed E-state index contributed by atoms with van der Waals surface area (Å²) < 4.78 is 0. The fourth-order valence-electron chi connectivity index (χ4n) is 3.06. The van der Waals surface area contributed by atoms with Gasteiger partial charge in [-0.2, -0.15) is 0 Å². The first-order valence-electron chi connectivity index (χ1n) is 9.42. The molecule has 1 fully saturated rings. The number of ketones is 1. The van der Waals surface area contributed by atoms with E-state index in [1.165, 1.54) is 5.56 Å². The first-order valence-corrected chi connectivity index (χ1v) is 9.42. The van der Waals surface area contributed by atoms with Crippen molar-refractivity contribution in [3.8, 4) is 0 Å². The molecule has 2 amide bonds. The van der Waals surface area contributed by atoms with E-state index in [-0.39, 0.29) is 30.4 Å². The molecule has 0 atom stereocenters. The maximum absolute atomic E-state index is 12.3. The normalized spacial score (nSPS) is 14.9. The molecule has 1 aliphatic rings. The van der Waals surface area contributed by atoms with Gasteiger partial charge in [-0.1, -0.05) is 31.2 Å². The van der Waals surface area contributed by atoms with Crippen molar-refractivity contribution in [3.05, 3.63) is 35.4 Å². The van der Waals surface area contributed by atoms with Crippen LogP contribution in [0.25, 0.3) is 0 Å². The number of amides is 2. The Labute approximate surface area is 155 Å². The lowest BCUT2D eigenvalue weighted by Crippen LogP contribution is -2.51. The van der Waals surface area contributed by atoms with Crippen LogP contribution in [0.5, 0.6) is 0 Å². The zero-order chi connectivity index (χ0) is 18.9. The molecule has 1 N–H and O–H groups in total. The van der Waals surface area contributed by atoms with E-state index >= 15 is 0 Å². The third kappa shape index (κ3) is 5.95. The van der Waals surface area contributed by atoms with Gasteiger partial charge in [0.1, 0.15) is 0 Å². The molecule has 26 heavy (non-hydrogen) atoms. The molecule has 1 saturated heterocycles. The summed E-state index contributed by atoms with van der Waals surface area (Å²) in [6, 6.07) is 7.60. The molecular weight excluding hydrogens is 330 g/mol. The predicted molar refractivity (Wildman–Crippen MR) is 101 cm³/mol. The average molecular weight is 359 g/mol. The van der Waals surface area contributed by atoms with Gasteiger partial charge in [0.2, 0.25) is 11.8 Å². The Kier molecular flexibility index (Phi) is 7.78. The van der Waals surface area contributed by atoms with Gasteiger partial charge in [-0.3, -0.25) is 19.3 Å². The van der Waals surface area contributed by atoms with Gasteiger partial charge in [0, 0.05) is 51.1 Å². The number of carbonyl (C=O) groups excluding carboxylic acids is 3. The lowest BCUT2D eigenvalue weighted by Gasteiger charge is -2.34. The standard InChI is InChI=1S/C20H29N3O3/c1-3-16-5-7-17(8-6-16)18(24)9-10-20(26)23-13-11-22(12-14-23)15-19(25)21-4-2/h5-8H,3-4,9-15H2,1-2H3,(H,21,25). The molecule has 0 unspecified atom stereocenters. The van der Waals surface area contributed by atoms with E-state index in [1.807, 2.05) is 31.2 Å². The van der Waals surface area contributed by atoms with Crippen LogP contribution in [0.3, 0.4) is 0 Å². The number of aryl methyl sites for hydroxylation is 1. The number of hydrogen-bond donors (Lipinski definition) is 1. The van der Waals surface area contributed by atoms with E-state index in [0.29, 0.717) is 44.8 Å². The lowest BCUT2D eigenvalue weighted by atomic mass is 10.0. The van der Waals surface area contributed by atoms with E-state index < -0.39 is 0 Å². The molecule has 1 aromatic rings. The largest absolute Gasteiger partial charge is 0.355 e. The summed E-state index contributed by atoms with van der Waals surface area (Å²) in [5, 5.41) is 2.78. The summed E-state index contributed by atoms with van der Waals surface area (Å²) in [5.74, 6) is 0.0454. The summed E-state index contributed by atoms with van der Waals surface area (Å²) in [4.78, 5) is 40.0. The molecule has 0 aliphatic carbocycles. The van der Waals surface area contributed by atoms with E-state index in [9.17, 15) is 14.4 Å². The number of likely N-dealkylation sites (N-methyl/N-ethyl adjacent to an activating group) is 1. The van der Waals surface area contributed by atoms with Crippen LogP contribution in [0.4, 0.5) is 0 Å². The van der Waals surface area contributed by atoms with Crippen LogP contribution in [0, 0.1) is 0 Å². The zero-order valence-electron chi connectivity index (χ0n) is 15.8. The summed E-state index contributed by atoms with van der Waals surface area (Å²) in [7, 11) is 0. The summed E-state index contributed by atoms with van der Waals surface area (Å²) >= 11 is 0. The fourth-order valence-corrected chi connectivity index (χ4v) is 3.06. The topological polar surface area (TPSA) is 69.7 Å². The minimum Gasteiger partial charge on any atom is -0.355 e. The molecule has 1 aliphatic heterocycles. The number of nitrogens with zero attached hydrogens (tertiary/aromatic N) is 2. The molecule has 2 rings (SSSR count). The molecular formula is C20H29N3O3. The number of rotatable bonds is 8. The molecule has 1 heterocycles. The highest BCUT2D eigenvalue weighted by molar-refractivity contribution is 5.98. The van der Waals surface area contributed by atoms with E-state index in [2.05, 4.69) is 17.1 Å². The maximum Gasteiger partial charge on any atom is 0.234 e. The Morgan fingerprint density at radius 1 is 0.962 bits per heavy atom. The van der Waals surface area contributed by atoms with Crippen molar-refractivity contribution in [1.82, 2.24) is 15.1 Å². The van der Waals surface area contributed by atoms with Crippen LogP contribution in [0.2, 0.25) is 0 Å². The second kappa shape index (κ2) is 10.1. The lowest BCUT2D eigenvalue weighted by molar-refractivity contribution is -0.133. The van der Waals surface area contributed by atoms with E-state index in [4.69, 9.17) is 0 Å². The molecule has 0 aromatic heterocycles. The molecule has 6 heteroatoms. The summed E-state index contributed by atoms with van der Waals surface area (Å²) in [6.45, 7) is 7.58. The Morgan fingerprint density at radius 3 is 2.19 bits per heavy atom. The minimum absolute atomic E-state index is 0.0101. The van der Waals surface area contributed by atoms with Crippen LogP contribution >= 0.6 is 0 Å². The number of piperazine rings is 1. The van der Waals surface area contributed by atoms with Crippen molar-refractivity contribution >= 4 is 17.6 Å². The van der Waals surface area contributed by atoms with Crippen LogP contribution in [0.1, 0.15) is 42.6 Å².